The summed E-state index contributed by atoms with van der Waals surface area (Å²) in [5.74, 6) is 0.682. The van der Waals surface area contributed by atoms with Gasteiger partial charge < -0.3 is 10.1 Å². The van der Waals surface area contributed by atoms with Crippen molar-refractivity contribution in [3.63, 3.8) is 0 Å². The van der Waals surface area contributed by atoms with Gasteiger partial charge in [-0.2, -0.15) is 13.2 Å². The van der Waals surface area contributed by atoms with E-state index in [1.54, 1.807) is 24.3 Å². The Labute approximate surface area is 166 Å². The molecular formula is C19H22F3N3O2S. The van der Waals surface area contributed by atoms with Crippen molar-refractivity contribution >= 4 is 17.7 Å². The van der Waals surface area contributed by atoms with E-state index in [0.29, 0.717) is 11.3 Å². The third-order valence-electron chi connectivity index (χ3n) is 3.46. The fraction of sp³-hybridized carbons (Fsp3) is 0.421. The van der Waals surface area contributed by atoms with Gasteiger partial charge in [-0.25, -0.2) is 9.97 Å². The minimum absolute atomic E-state index is 0.0239. The zero-order chi connectivity index (χ0) is 20.9. The van der Waals surface area contributed by atoms with Crippen LogP contribution in [-0.4, -0.2) is 34.3 Å². The number of alkyl halides is 3. The third kappa shape index (κ3) is 6.70. The number of hydrogen-bond donors (Lipinski definition) is 1. The Balaban J connectivity index is 2.20. The minimum Gasteiger partial charge on any atom is -0.497 e. The molecule has 0 fully saturated rings. The highest BCUT2D eigenvalue weighted by molar-refractivity contribution is 7.99. The molecular weight excluding hydrogens is 391 g/mol. The smallest absolute Gasteiger partial charge is 0.433 e. The summed E-state index contributed by atoms with van der Waals surface area (Å²) in [6.45, 7) is 5.57. The molecule has 5 nitrogen and oxygen atoms in total. The highest BCUT2D eigenvalue weighted by atomic mass is 32.2. The zero-order valence-corrected chi connectivity index (χ0v) is 16.9. The first-order valence-corrected chi connectivity index (χ1v) is 9.51. The number of nitrogens with zero attached hydrogens (tertiary/aromatic N) is 2. The number of methoxy groups -OCH3 is 1. The Hall–Kier alpha value is -2.29. The molecule has 0 aliphatic carbocycles. The van der Waals surface area contributed by atoms with E-state index in [-0.39, 0.29) is 34.5 Å². The quantitative estimate of drug-likeness (QED) is 0.555. The molecule has 0 saturated heterocycles. The van der Waals surface area contributed by atoms with Crippen LogP contribution in [0.5, 0.6) is 5.75 Å². The highest BCUT2D eigenvalue weighted by Gasteiger charge is 2.33. The van der Waals surface area contributed by atoms with Gasteiger partial charge in [-0.1, -0.05) is 11.8 Å². The van der Waals surface area contributed by atoms with E-state index in [9.17, 15) is 18.0 Å². The topological polar surface area (TPSA) is 64.1 Å². The Morgan fingerprint density at radius 2 is 1.79 bits per heavy atom. The lowest BCUT2D eigenvalue weighted by molar-refractivity contribution is -0.141. The number of ether oxygens (including phenoxy) is 1. The first-order valence-electron chi connectivity index (χ1n) is 8.52. The monoisotopic (exact) mass is 413 g/mol. The van der Waals surface area contributed by atoms with Gasteiger partial charge in [-0.3, -0.25) is 4.79 Å². The van der Waals surface area contributed by atoms with Crippen molar-refractivity contribution in [2.45, 2.75) is 44.1 Å². The van der Waals surface area contributed by atoms with Gasteiger partial charge in [0, 0.05) is 23.3 Å². The number of hydrogen-bond acceptors (Lipinski definition) is 5. The van der Waals surface area contributed by atoms with Gasteiger partial charge in [0.25, 0.3) is 0 Å². The number of halogens is 3. The maximum Gasteiger partial charge on any atom is 0.433 e. The fourth-order valence-electron chi connectivity index (χ4n) is 2.26. The molecule has 2 aromatic rings. The number of thioether (sulfide) groups is 1. The van der Waals surface area contributed by atoms with Crippen LogP contribution < -0.4 is 10.1 Å². The second-order valence-corrected chi connectivity index (χ2v) is 8.11. The number of rotatable bonds is 6. The lowest BCUT2D eigenvalue weighted by Crippen LogP contribution is -2.40. The lowest BCUT2D eigenvalue weighted by Gasteiger charge is -2.20. The Kier molecular flexibility index (Phi) is 6.92. The van der Waals surface area contributed by atoms with E-state index in [2.05, 4.69) is 15.3 Å². The van der Waals surface area contributed by atoms with E-state index >= 15 is 0 Å². The van der Waals surface area contributed by atoms with Gasteiger partial charge in [0.05, 0.1) is 12.8 Å². The van der Waals surface area contributed by atoms with Crippen LogP contribution in [0.3, 0.4) is 0 Å². The molecule has 0 atom stereocenters. The Bertz CT molecular complexity index is 819. The van der Waals surface area contributed by atoms with Gasteiger partial charge in [-0.05, 0) is 51.1 Å². The van der Waals surface area contributed by atoms with Crippen LogP contribution in [0.15, 0.2) is 35.5 Å². The molecule has 1 N–H and O–H groups in total. The normalized spacial score (nSPS) is 12.0. The molecule has 1 aromatic carbocycles. The van der Waals surface area contributed by atoms with E-state index in [4.69, 9.17) is 4.74 Å². The second-order valence-electron chi connectivity index (χ2n) is 7.04. The summed E-state index contributed by atoms with van der Waals surface area (Å²) < 4.78 is 44.8. The SMILES string of the molecule is COc1ccc(-c2cc(C(F)(F)F)nc(SCCC(=O)NC(C)(C)C)n2)cc1. The van der Waals surface area contributed by atoms with Gasteiger partial charge in [0.1, 0.15) is 11.4 Å². The van der Waals surface area contributed by atoms with Crippen LogP contribution in [0, 0.1) is 0 Å². The molecule has 0 radical (unpaired) electrons. The number of aromatic nitrogens is 2. The summed E-state index contributed by atoms with van der Waals surface area (Å²) in [6.07, 6.45) is -4.44. The lowest BCUT2D eigenvalue weighted by atomic mass is 10.1. The van der Waals surface area contributed by atoms with Crippen molar-refractivity contribution in [3.8, 4) is 17.0 Å². The van der Waals surface area contributed by atoms with Gasteiger partial charge in [-0.15, -0.1) is 0 Å². The molecule has 28 heavy (non-hydrogen) atoms. The van der Waals surface area contributed by atoms with Crippen LogP contribution in [0.4, 0.5) is 13.2 Å². The predicted molar refractivity (Wildman–Crippen MR) is 102 cm³/mol. The van der Waals surface area contributed by atoms with Crippen LogP contribution in [-0.2, 0) is 11.0 Å². The summed E-state index contributed by atoms with van der Waals surface area (Å²) in [5.41, 5.74) is -0.710. The van der Waals surface area contributed by atoms with Gasteiger partial charge in [0.2, 0.25) is 5.91 Å². The first kappa shape index (κ1) is 22.0. The molecule has 1 amide bonds. The minimum atomic E-state index is -4.59. The molecule has 0 spiro atoms. The summed E-state index contributed by atoms with van der Waals surface area (Å²) in [4.78, 5) is 19.7. The van der Waals surface area contributed by atoms with Crippen LogP contribution in [0.2, 0.25) is 0 Å². The molecule has 0 aliphatic heterocycles. The molecule has 9 heteroatoms. The molecule has 0 saturated carbocycles. The predicted octanol–water partition coefficient (Wildman–Crippen LogP) is 4.57. The molecule has 152 valence electrons. The van der Waals surface area contributed by atoms with Crippen LogP contribution in [0.25, 0.3) is 11.3 Å². The maximum atomic E-state index is 13.2. The summed E-state index contributed by atoms with van der Waals surface area (Å²) in [6, 6.07) is 7.47. The zero-order valence-electron chi connectivity index (χ0n) is 16.1. The van der Waals surface area contributed by atoms with Crippen molar-refractivity contribution in [1.82, 2.24) is 15.3 Å². The van der Waals surface area contributed by atoms with Gasteiger partial charge >= 0.3 is 6.18 Å². The summed E-state index contributed by atoms with van der Waals surface area (Å²) in [7, 11) is 1.51. The molecule has 0 aliphatic rings. The number of nitrogens with one attached hydrogen (secondary N) is 1. The second kappa shape index (κ2) is 8.81. The number of benzene rings is 1. The summed E-state index contributed by atoms with van der Waals surface area (Å²) >= 11 is 1.01. The highest BCUT2D eigenvalue weighted by Crippen LogP contribution is 2.32. The standard InChI is InChI=1S/C19H22F3N3O2S/c1-18(2,3)25-16(26)9-10-28-17-23-14(11-15(24-17)19(20,21)22)12-5-7-13(27-4)8-6-12/h5-8,11H,9-10H2,1-4H3,(H,25,26). The first-order chi connectivity index (χ1) is 13.0. The van der Waals surface area contributed by atoms with Crippen LogP contribution >= 0.6 is 11.8 Å². The molecule has 0 unspecified atom stereocenters. The Morgan fingerprint density at radius 3 is 2.32 bits per heavy atom. The number of carbonyl (C=O) groups excluding carboxylic acids is 1. The number of amides is 1. The van der Waals surface area contributed by atoms with Gasteiger partial charge in [0.15, 0.2) is 5.16 Å². The van der Waals surface area contributed by atoms with Crippen molar-refractivity contribution in [1.29, 1.82) is 0 Å². The third-order valence-corrected chi connectivity index (χ3v) is 4.31. The Morgan fingerprint density at radius 1 is 1.14 bits per heavy atom. The fourth-order valence-corrected chi connectivity index (χ4v) is 3.06. The molecule has 1 aromatic heterocycles. The average Bonchev–Trinajstić information content (AvgIpc) is 2.59. The van der Waals surface area contributed by atoms with Crippen molar-refractivity contribution < 1.29 is 22.7 Å². The molecule has 1 heterocycles. The van der Waals surface area contributed by atoms with E-state index in [1.807, 2.05) is 20.8 Å². The van der Waals surface area contributed by atoms with E-state index < -0.39 is 11.9 Å². The maximum absolute atomic E-state index is 13.2. The van der Waals surface area contributed by atoms with E-state index in [1.165, 1.54) is 7.11 Å². The molecule has 2 rings (SSSR count). The summed E-state index contributed by atoms with van der Waals surface area (Å²) in [5, 5.41) is 2.78. The molecule has 0 bridgehead atoms. The van der Waals surface area contributed by atoms with E-state index in [0.717, 1.165) is 17.8 Å². The average molecular weight is 413 g/mol. The van der Waals surface area contributed by atoms with Crippen molar-refractivity contribution in [3.05, 3.63) is 36.0 Å². The van der Waals surface area contributed by atoms with Crippen LogP contribution in [0.1, 0.15) is 32.9 Å². The van der Waals surface area contributed by atoms with Crippen molar-refractivity contribution in [2.24, 2.45) is 0 Å². The number of carbonyl (C=O) groups is 1. The van der Waals surface area contributed by atoms with Crippen molar-refractivity contribution in [2.75, 3.05) is 12.9 Å². The largest absolute Gasteiger partial charge is 0.497 e.